The predicted molar refractivity (Wildman–Crippen MR) is 74.1 cm³/mol. The van der Waals surface area contributed by atoms with Crippen molar-refractivity contribution in [1.82, 2.24) is 4.31 Å². The third-order valence-electron chi connectivity index (χ3n) is 3.55. The second kappa shape index (κ2) is 6.25. The molecule has 0 aromatic heterocycles. The van der Waals surface area contributed by atoms with Crippen LogP contribution >= 0.6 is 0 Å². The van der Waals surface area contributed by atoms with Gasteiger partial charge in [0.15, 0.2) is 5.82 Å². The highest BCUT2D eigenvalue weighted by Crippen LogP contribution is 2.26. The Bertz CT molecular complexity index is 616. The lowest BCUT2D eigenvalue weighted by Crippen LogP contribution is -2.35. The van der Waals surface area contributed by atoms with E-state index in [1.54, 1.807) is 0 Å². The summed E-state index contributed by atoms with van der Waals surface area (Å²) in [4.78, 5) is -0.611. The fraction of sp³-hybridized carbons (Fsp3) is 0.538. The first-order chi connectivity index (χ1) is 9.84. The van der Waals surface area contributed by atoms with Gasteiger partial charge < -0.3 is 10.5 Å². The fourth-order valence-corrected chi connectivity index (χ4v) is 3.65. The Labute approximate surface area is 122 Å². The molecule has 5 nitrogen and oxygen atoms in total. The van der Waals surface area contributed by atoms with E-state index in [1.165, 1.54) is 7.05 Å². The number of nitrogens with zero attached hydrogens (tertiary/aromatic N) is 1. The van der Waals surface area contributed by atoms with E-state index >= 15 is 0 Å². The van der Waals surface area contributed by atoms with Gasteiger partial charge in [0.1, 0.15) is 16.4 Å². The molecule has 118 valence electrons. The molecule has 1 heterocycles. The summed E-state index contributed by atoms with van der Waals surface area (Å²) in [6.45, 7) is 1.38. The highest BCUT2D eigenvalue weighted by atomic mass is 32.2. The fourth-order valence-electron chi connectivity index (χ4n) is 2.33. The number of halogens is 2. The molecule has 0 amide bonds. The Balaban J connectivity index is 2.22. The van der Waals surface area contributed by atoms with E-state index in [4.69, 9.17) is 10.5 Å². The minimum Gasteiger partial charge on any atom is -0.394 e. The molecule has 1 fully saturated rings. The van der Waals surface area contributed by atoms with Gasteiger partial charge in [-0.15, -0.1) is 0 Å². The van der Waals surface area contributed by atoms with Crippen LogP contribution in [0.15, 0.2) is 17.0 Å². The highest BCUT2D eigenvalue weighted by molar-refractivity contribution is 7.89. The molecule has 0 aliphatic carbocycles. The minimum atomic E-state index is -4.05. The number of nitrogens with two attached hydrogens (primary N) is 1. The second-order valence-electron chi connectivity index (χ2n) is 5.14. The van der Waals surface area contributed by atoms with Gasteiger partial charge >= 0.3 is 0 Å². The molecule has 8 heteroatoms. The molecule has 21 heavy (non-hydrogen) atoms. The zero-order valence-electron chi connectivity index (χ0n) is 11.7. The summed E-state index contributed by atoms with van der Waals surface area (Å²) >= 11 is 0. The van der Waals surface area contributed by atoms with Gasteiger partial charge in [0.05, 0.1) is 6.61 Å². The molecule has 0 saturated carbocycles. The molecule has 2 rings (SSSR count). The van der Waals surface area contributed by atoms with Gasteiger partial charge in [-0.2, -0.15) is 0 Å². The maximum atomic E-state index is 13.9. The number of rotatable bonds is 4. The first-order valence-corrected chi connectivity index (χ1v) is 8.05. The van der Waals surface area contributed by atoms with E-state index < -0.39 is 32.2 Å². The van der Waals surface area contributed by atoms with Crippen molar-refractivity contribution < 1.29 is 21.9 Å². The maximum Gasteiger partial charge on any atom is 0.245 e. The Morgan fingerprint density at radius 1 is 1.43 bits per heavy atom. The summed E-state index contributed by atoms with van der Waals surface area (Å²) in [6, 6.07) is 1.74. The summed E-state index contributed by atoms with van der Waals surface area (Å²) in [5.74, 6) is -2.16. The van der Waals surface area contributed by atoms with Crippen LogP contribution in [0.1, 0.15) is 12.8 Å². The summed E-state index contributed by atoms with van der Waals surface area (Å²) in [5.41, 5.74) is 4.42. The van der Waals surface area contributed by atoms with E-state index in [9.17, 15) is 17.2 Å². The maximum absolute atomic E-state index is 13.9. The van der Waals surface area contributed by atoms with Gasteiger partial charge in [0.2, 0.25) is 10.0 Å². The molecule has 1 saturated heterocycles. The molecule has 1 unspecified atom stereocenters. The van der Waals surface area contributed by atoms with Crippen molar-refractivity contribution >= 4 is 15.7 Å². The van der Waals surface area contributed by atoms with Crippen molar-refractivity contribution in [3.8, 4) is 0 Å². The lowest BCUT2D eigenvalue weighted by atomic mass is 10.0. The van der Waals surface area contributed by atoms with Crippen LogP contribution < -0.4 is 5.73 Å². The largest absolute Gasteiger partial charge is 0.394 e. The molecule has 1 atom stereocenters. The number of sulfonamides is 1. The lowest BCUT2D eigenvalue weighted by molar-refractivity contribution is 0.0495. The summed E-state index contributed by atoms with van der Waals surface area (Å²) in [5, 5.41) is 0. The van der Waals surface area contributed by atoms with Crippen LogP contribution in [0.2, 0.25) is 0 Å². The lowest BCUT2D eigenvalue weighted by Gasteiger charge is -2.26. The first kappa shape index (κ1) is 16.1. The Kier molecular flexibility index (Phi) is 4.80. The van der Waals surface area contributed by atoms with Gasteiger partial charge in [-0.05, 0) is 30.9 Å². The third kappa shape index (κ3) is 3.33. The number of nitrogen functional groups attached to an aromatic ring is 1. The van der Waals surface area contributed by atoms with E-state index in [0.717, 1.165) is 29.3 Å². The molecular weight excluding hydrogens is 302 g/mol. The molecule has 0 spiro atoms. The van der Waals surface area contributed by atoms with Gasteiger partial charge in [-0.3, -0.25) is 0 Å². The topological polar surface area (TPSA) is 72.6 Å². The predicted octanol–water partition coefficient (Wildman–Crippen LogP) is 1.59. The molecule has 0 radical (unpaired) electrons. The number of benzene rings is 1. The Morgan fingerprint density at radius 2 is 2.14 bits per heavy atom. The molecule has 0 bridgehead atoms. The molecule has 1 aromatic rings. The number of anilines is 1. The monoisotopic (exact) mass is 320 g/mol. The van der Waals surface area contributed by atoms with Gasteiger partial charge in [0, 0.05) is 20.2 Å². The third-order valence-corrected chi connectivity index (χ3v) is 5.39. The molecule has 1 aliphatic rings. The van der Waals surface area contributed by atoms with E-state index in [-0.39, 0.29) is 12.5 Å². The van der Waals surface area contributed by atoms with Crippen LogP contribution in [0.25, 0.3) is 0 Å². The Hall–Kier alpha value is -1.25. The van der Waals surface area contributed by atoms with Crippen LogP contribution in [0.5, 0.6) is 0 Å². The molecule has 1 aromatic carbocycles. The van der Waals surface area contributed by atoms with Crippen molar-refractivity contribution in [1.29, 1.82) is 0 Å². The van der Waals surface area contributed by atoms with Crippen LogP contribution in [-0.2, 0) is 14.8 Å². The summed E-state index contributed by atoms with van der Waals surface area (Å²) in [6.07, 6.45) is 1.73. The van der Waals surface area contributed by atoms with Gasteiger partial charge in [-0.25, -0.2) is 21.5 Å². The zero-order valence-corrected chi connectivity index (χ0v) is 12.5. The average molecular weight is 320 g/mol. The summed E-state index contributed by atoms with van der Waals surface area (Å²) < 4.78 is 58.1. The standard InChI is InChI=1S/C13H18F2N2O3S/c1-17(7-9-3-2-6-20-8-9)21(18,19)11-5-4-10(14)13(16)12(11)15/h4-5,9H,2-3,6-8,16H2,1H3. The number of ether oxygens (including phenoxy) is 1. The van der Waals surface area contributed by atoms with Crippen LogP contribution in [0, 0.1) is 17.6 Å². The number of hydrogen-bond acceptors (Lipinski definition) is 4. The van der Waals surface area contributed by atoms with Crippen LogP contribution in [-0.4, -0.2) is 39.5 Å². The molecular formula is C13H18F2N2O3S. The second-order valence-corrected chi connectivity index (χ2v) is 7.16. The quantitative estimate of drug-likeness (QED) is 0.855. The van der Waals surface area contributed by atoms with Crippen molar-refractivity contribution in [3.63, 3.8) is 0 Å². The van der Waals surface area contributed by atoms with Crippen LogP contribution in [0.3, 0.4) is 0 Å². The van der Waals surface area contributed by atoms with Crippen molar-refractivity contribution in [2.24, 2.45) is 5.92 Å². The highest BCUT2D eigenvalue weighted by Gasteiger charge is 2.29. The Morgan fingerprint density at radius 3 is 2.76 bits per heavy atom. The SMILES string of the molecule is CN(CC1CCCOC1)S(=O)(=O)c1ccc(F)c(N)c1F. The molecule has 1 aliphatic heterocycles. The minimum absolute atomic E-state index is 0.0689. The van der Waals surface area contributed by atoms with Crippen molar-refractivity contribution in [2.75, 3.05) is 32.5 Å². The van der Waals surface area contributed by atoms with Crippen LogP contribution in [0.4, 0.5) is 14.5 Å². The molecule has 2 N–H and O–H groups in total. The zero-order chi connectivity index (χ0) is 15.6. The van der Waals surface area contributed by atoms with Crippen molar-refractivity contribution in [2.45, 2.75) is 17.7 Å². The number of hydrogen-bond donors (Lipinski definition) is 1. The van der Waals surface area contributed by atoms with E-state index in [0.29, 0.717) is 13.2 Å². The average Bonchev–Trinajstić information content (AvgIpc) is 2.45. The van der Waals surface area contributed by atoms with E-state index in [2.05, 4.69) is 0 Å². The van der Waals surface area contributed by atoms with Gasteiger partial charge in [-0.1, -0.05) is 0 Å². The summed E-state index contributed by atoms with van der Waals surface area (Å²) in [7, 11) is -2.69. The smallest absolute Gasteiger partial charge is 0.245 e. The van der Waals surface area contributed by atoms with Gasteiger partial charge in [0.25, 0.3) is 0 Å². The normalized spacial score (nSPS) is 19.9. The van der Waals surface area contributed by atoms with Crippen molar-refractivity contribution in [3.05, 3.63) is 23.8 Å². The first-order valence-electron chi connectivity index (χ1n) is 6.61. The van der Waals surface area contributed by atoms with E-state index in [1.807, 2.05) is 0 Å².